The highest BCUT2D eigenvalue weighted by molar-refractivity contribution is 6.03. The Morgan fingerprint density at radius 2 is 1.53 bits per heavy atom. The van der Waals surface area contributed by atoms with Gasteiger partial charge < -0.3 is 15.4 Å². The van der Waals surface area contributed by atoms with Crippen molar-refractivity contribution in [3.63, 3.8) is 0 Å². The van der Waals surface area contributed by atoms with E-state index in [9.17, 15) is 14.4 Å². The highest BCUT2D eigenvalue weighted by Crippen LogP contribution is 2.18. The first-order chi connectivity index (χ1) is 15.6. The molecule has 0 aliphatic rings. The standard InChI is InChI=1S/C26H26N2O4/c1-2-8-19-13-15-21(16-14-19)28-25(30)18-32-24-12-7-6-11-22(24)26(31)27-17-23(29)20-9-4-3-5-10-20/h3-7,9-16H,2,8,17-18H2,1H3,(H,27,31)(H,28,30). The first kappa shape index (κ1) is 22.7. The number of hydrogen-bond acceptors (Lipinski definition) is 4. The number of nitrogens with one attached hydrogen (secondary N) is 2. The summed E-state index contributed by atoms with van der Waals surface area (Å²) in [5.41, 5.74) is 2.68. The molecule has 32 heavy (non-hydrogen) atoms. The molecule has 6 nitrogen and oxygen atoms in total. The number of aryl methyl sites for hydroxylation is 1. The fourth-order valence-corrected chi connectivity index (χ4v) is 3.15. The Morgan fingerprint density at radius 3 is 2.25 bits per heavy atom. The summed E-state index contributed by atoms with van der Waals surface area (Å²) < 4.78 is 5.59. The van der Waals surface area contributed by atoms with Crippen molar-refractivity contribution in [2.75, 3.05) is 18.5 Å². The van der Waals surface area contributed by atoms with Gasteiger partial charge in [-0.25, -0.2) is 0 Å². The van der Waals surface area contributed by atoms with Gasteiger partial charge in [0.15, 0.2) is 12.4 Å². The number of benzene rings is 3. The smallest absolute Gasteiger partial charge is 0.262 e. The quantitative estimate of drug-likeness (QED) is 0.471. The maximum Gasteiger partial charge on any atom is 0.262 e. The molecule has 0 aliphatic carbocycles. The molecule has 6 heteroatoms. The van der Waals surface area contributed by atoms with Crippen LogP contribution in [0.4, 0.5) is 5.69 Å². The van der Waals surface area contributed by atoms with E-state index in [1.54, 1.807) is 48.5 Å². The molecule has 3 rings (SSSR count). The van der Waals surface area contributed by atoms with Crippen molar-refractivity contribution in [1.82, 2.24) is 5.32 Å². The fraction of sp³-hybridized carbons (Fsp3) is 0.192. The van der Waals surface area contributed by atoms with Gasteiger partial charge in [-0.1, -0.05) is 67.9 Å². The number of amides is 2. The molecule has 0 saturated heterocycles. The molecule has 0 heterocycles. The molecule has 0 radical (unpaired) electrons. The highest BCUT2D eigenvalue weighted by Gasteiger charge is 2.15. The third kappa shape index (κ3) is 6.54. The lowest BCUT2D eigenvalue weighted by atomic mass is 10.1. The van der Waals surface area contributed by atoms with Gasteiger partial charge in [-0.2, -0.15) is 0 Å². The van der Waals surface area contributed by atoms with Crippen LogP contribution in [0.25, 0.3) is 0 Å². The molecule has 0 saturated carbocycles. The first-order valence-electron chi connectivity index (χ1n) is 10.5. The van der Waals surface area contributed by atoms with Crippen LogP contribution in [-0.4, -0.2) is 30.7 Å². The maximum absolute atomic E-state index is 12.6. The van der Waals surface area contributed by atoms with E-state index >= 15 is 0 Å². The fourth-order valence-electron chi connectivity index (χ4n) is 3.15. The average molecular weight is 431 g/mol. The number of ether oxygens (including phenoxy) is 1. The van der Waals surface area contributed by atoms with Crippen LogP contribution in [0, 0.1) is 0 Å². The molecule has 0 spiro atoms. The summed E-state index contributed by atoms with van der Waals surface area (Å²) in [4.78, 5) is 37.1. The summed E-state index contributed by atoms with van der Waals surface area (Å²) >= 11 is 0. The second kappa shape index (κ2) is 11.5. The molecule has 3 aromatic rings. The van der Waals surface area contributed by atoms with Gasteiger partial charge in [0.1, 0.15) is 5.75 Å². The van der Waals surface area contributed by atoms with Crippen LogP contribution in [-0.2, 0) is 11.2 Å². The van der Waals surface area contributed by atoms with E-state index in [-0.39, 0.29) is 36.2 Å². The summed E-state index contributed by atoms with van der Waals surface area (Å²) in [6.45, 7) is 1.74. The number of hydrogen-bond donors (Lipinski definition) is 2. The van der Waals surface area contributed by atoms with Gasteiger partial charge in [0.25, 0.3) is 11.8 Å². The van der Waals surface area contributed by atoms with Gasteiger partial charge in [-0.05, 0) is 36.2 Å². The Labute approximate surface area is 187 Å². The van der Waals surface area contributed by atoms with Crippen molar-refractivity contribution >= 4 is 23.3 Å². The normalized spacial score (nSPS) is 10.3. The Bertz CT molecular complexity index is 1060. The molecule has 0 fully saturated rings. The number of ketones is 1. The topological polar surface area (TPSA) is 84.5 Å². The lowest BCUT2D eigenvalue weighted by molar-refractivity contribution is -0.118. The van der Waals surface area contributed by atoms with E-state index < -0.39 is 5.91 Å². The SMILES string of the molecule is CCCc1ccc(NC(=O)COc2ccccc2C(=O)NCC(=O)c2ccccc2)cc1. The van der Waals surface area contributed by atoms with Crippen molar-refractivity contribution in [1.29, 1.82) is 0 Å². The monoisotopic (exact) mass is 430 g/mol. The summed E-state index contributed by atoms with van der Waals surface area (Å²) in [7, 11) is 0. The number of rotatable bonds is 10. The third-order valence-corrected chi connectivity index (χ3v) is 4.77. The van der Waals surface area contributed by atoms with Crippen LogP contribution < -0.4 is 15.4 Å². The number of carbonyl (C=O) groups is 3. The number of anilines is 1. The Balaban J connectivity index is 1.54. The van der Waals surface area contributed by atoms with Crippen LogP contribution in [0.15, 0.2) is 78.9 Å². The molecule has 0 atom stereocenters. The number of carbonyl (C=O) groups excluding carboxylic acids is 3. The zero-order chi connectivity index (χ0) is 22.8. The van der Waals surface area contributed by atoms with E-state index in [0.29, 0.717) is 11.3 Å². The molecular formula is C26H26N2O4. The largest absolute Gasteiger partial charge is 0.483 e. The van der Waals surface area contributed by atoms with E-state index in [1.807, 2.05) is 30.3 Å². The van der Waals surface area contributed by atoms with Crippen LogP contribution in [0.3, 0.4) is 0 Å². The number of Topliss-reactive ketones (excluding diaryl/α,β-unsaturated/α-hetero) is 1. The summed E-state index contributed by atoms with van der Waals surface area (Å²) in [5, 5.41) is 5.39. The molecule has 0 unspecified atom stereocenters. The molecule has 2 N–H and O–H groups in total. The van der Waals surface area contributed by atoms with Crippen LogP contribution in [0.2, 0.25) is 0 Å². The number of para-hydroxylation sites is 1. The van der Waals surface area contributed by atoms with E-state index in [4.69, 9.17) is 4.74 Å². The van der Waals surface area contributed by atoms with E-state index in [2.05, 4.69) is 17.6 Å². The minimum atomic E-state index is -0.447. The minimum absolute atomic E-state index is 0.133. The minimum Gasteiger partial charge on any atom is -0.483 e. The van der Waals surface area contributed by atoms with Gasteiger partial charge in [-0.15, -0.1) is 0 Å². The lowest BCUT2D eigenvalue weighted by Crippen LogP contribution is -2.30. The first-order valence-corrected chi connectivity index (χ1v) is 10.5. The van der Waals surface area contributed by atoms with Gasteiger partial charge >= 0.3 is 0 Å². The zero-order valence-corrected chi connectivity index (χ0v) is 18.0. The van der Waals surface area contributed by atoms with E-state index in [1.165, 1.54) is 5.56 Å². The van der Waals surface area contributed by atoms with Gasteiger partial charge in [0.2, 0.25) is 0 Å². The molecule has 0 bridgehead atoms. The third-order valence-electron chi connectivity index (χ3n) is 4.77. The second-order valence-corrected chi connectivity index (χ2v) is 7.25. The van der Waals surface area contributed by atoms with Crippen LogP contribution in [0.1, 0.15) is 39.6 Å². The Hall–Kier alpha value is -3.93. The van der Waals surface area contributed by atoms with Gasteiger partial charge in [0.05, 0.1) is 12.1 Å². The average Bonchev–Trinajstić information content (AvgIpc) is 2.83. The summed E-state index contributed by atoms with van der Waals surface area (Å²) in [5.74, 6) is -0.702. The molecule has 0 aromatic heterocycles. The highest BCUT2D eigenvalue weighted by atomic mass is 16.5. The predicted octanol–water partition coefficient (Wildman–Crippen LogP) is 4.27. The van der Waals surface area contributed by atoms with E-state index in [0.717, 1.165) is 12.8 Å². The molecule has 2 amide bonds. The molecule has 0 aliphatic heterocycles. The molecule has 164 valence electrons. The second-order valence-electron chi connectivity index (χ2n) is 7.25. The zero-order valence-electron chi connectivity index (χ0n) is 18.0. The lowest BCUT2D eigenvalue weighted by Gasteiger charge is -2.12. The van der Waals surface area contributed by atoms with Crippen LogP contribution in [0.5, 0.6) is 5.75 Å². The van der Waals surface area contributed by atoms with Crippen LogP contribution >= 0.6 is 0 Å². The summed E-state index contributed by atoms with van der Waals surface area (Å²) in [6, 6.07) is 23.0. The van der Waals surface area contributed by atoms with Gasteiger partial charge in [-0.3, -0.25) is 14.4 Å². The van der Waals surface area contributed by atoms with Gasteiger partial charge in [0, 0.05) is 11.3 Å². The van der Waals surface area contributed by atoms with Crippen molar-refractivity contribution in [2.45, 2.75) is 19.8 Å². The predicted molar refractivity (Wildman–Crippen MR) is 124 cm³/mol. The van der Waals surface area contributed by atoms with Crippen molar-refractivity contribution in [3.05, 3.63) is 95.6 Å². The van der Waals surface area contributed by atoms with Crippen molar-refractivity contribution in [2.24, 2.45) is 0 Å². The Kier molecular flexibility index (Phi) is 8.15. The maximum atomic E-state index is 12.6. The van der Waals surface area contributed by atoms with Crippen molar-refractivity contribution in [3.8, 4) is 5.75 Å². The Morgan fingerprint density at radius 1 is 0.844 bits per heavy atom. The van der Waals surface area contributed by atoms with Crippen molar-refractivity contribution < 1.29 is 19.1 Å². The summed E-state index contributed by atoms with van der Waals surface area (Å²) in [6.07, 6.45) is 2.06. The molecule has 3 aromatic carbocycles. The molecular weight excluding hydrogens is 404 g/mol.